The summed E-state index contributed by atoms with van der Waals surface area (Å²) in [6.07, 6.45) is 5.79. The summed E-state index contributed by atoms with van der Waals surface area (Å²) in [6, 6.07) is 15.7. The molecule has 28 heavy (non-hydrogen) atoms. The van der Waals surface area contributed by atoms with Crippen molar-refractivity contribution in [3.05, 3.63) is 66.0 Å². The Morgan fingerprint density at radius 3 is 2.54 bits per heavy atom. The Hall–Kier alpha value is -2.24. The third-order valence-corrected chi connectivity index (χ3v) is 6.24. The van der Waals surface area contributed by atoms with Crippen LogP contribution in [0.4, 0.5) is 0 Å². The van der Waals surface area contributed by atoms with E-state index in [1.54, 1.807) is 6.20 Å². The quantitative estimate of drug-likeness (QED) is 0.868. The maximum atomic E-state index is 12.9. The lowest BCUT2D eigenvalue weighted by Crippen LogP contribution is -2.61. The molecule has 5 nitrogen and oxygen atoms in total. The number of hydrogen-bond acceptors (Lipinski definition) is 4. The van der Waals surface area contributed by atoms with Gasteiger partial charge in [-0.05, 0) is 56.5 Å². The first kappa shape index (κ1) is 19.1. The number of piperidine rings is 1. The van der Waals surface area contributed by atoms with Gasteiger partial charge in [0.15, 0.2) is 0 Å². The van der Waals surface area contributed by atoms with E-state index >= 15 is 0 Å². The predicted octanol–water partition coefficient (Wildman–Crippen LogP) is 2.60. The summed E-state index contributed by atoms with van der Waals surface area (Å²) in [5, 5.41) is 11.7. The average molecular weight is 380 g/mol. The molecule has 2 atom stereocenters. The number of aliphatic hydroxyl groups is 1. The Bertz CT molecular complexity index is 777. The molecule has 0 radical (unpaired) electrons. The van der Waals surface area contributed by atoms with E-state index in [-0.39, 0.29) is 11.9 Å². The lowest BCUT2D eigenvalue weighted by atomic mass is 9.79. The fraction of sp³-hybridized carbons (Fsp3) is 0.478. The lowest BCUT2D eigenvalue weighted by Gasteiger charge is -2.48. The topological polar surface area (TPSA) is 56.7 Å². The molecule has 2 aromatic rings. The third-order valence-electron chi connectivity index (χ3n) is 6.24. The highest BCUT2D eigenvalue weighted by atomic mass is 16.3. The number of benzene rings is 1. The van der Waals surface area contributed by atoms with Gasteiger partial charge in [-0.15, -0.1) is 0 Å². The summed E-state index contributed by atoms with van der Waals surface area (Å²) in [5.74, 6) is 0.157. The molecule has 3 heterocycles. The van der Waals surface area contributed by atoms with E-state index in [0.717, 1.165) is 37.2 Å². The normalized spacial score (nSPS) is 25.8. The Morgan fingerprint density at radius 1 is 1.07 bits per heavy atom. The van der Waals surface area contributed by atoms with Gasteiger partial charge in [0.25, 0.3) is 0 Å². The number of nitrogens with zero attached hydrogens (tertiary/aromatic N) is 3. The van der Waals surface area contributed by atoms with Gasteiger partial charge >= 0.3 is 0 Å². The van der Waals surface area contributed by atoms with E-state index in [0.29, 0.717) is 32.4 Å². The molecule has 2 aliphatic rings. The summed E-state index contributed by atoms with van der Waals surface area (Å²) < 4.78 is 0. The number of aryl methyl sites for hydroxylation is 1. The molecule has 1 amide bonds. The first-order chi connectivity index (χ1) is 13.7. The molecule has 2 saturated heterocycles. The van der Waals surface area contributed by atoms with E-state index in [4.69, 9.17) is 0 Å². The first-order valence-electron chi connectivity index (χ1n) is 10.4. The predicted molar refractivity (Wildman–Crippen MR) is 109 cm³/mol. The molecule has 5 heteroatoms. The number of amides is 1. The number of carbonyl (C=O) groups excluding carboxylic acids is 1. The molecule has 1 aromatic heterocycles. The van der Waals surface area contributed by atoms with Crippen molar-refractivity contribution in [1.29, 1.82) is 0 Å². The first-order valence-corrected chi connectivity index (χ1v) is 10.4. The minimum Gasteiger partial charge on any atom is -0.383 e. The second-order valence-corrected chi connectivity index (χ2v) is 7.96. The number of carbonyl (C=O) groups is 1. The molecule has 0 saturated carbocycles. The second kappa shape index (κ2) is 8.41. The van der Waals surface area contributed by atoms with Gasteiger partial charge in [-0.2, -0.15) is 0 Å². The van der Waals surface area contributed by atoms with E-state index < -0.39 is 5.60 Å². The van der Waals surface area contributed by atoms with Crippen LogP contribution < -0.4 is 0 Å². The van der Waals surface area contributed by atoms with Gasteiger partial charge in [-0.1, -0.05) is 36.4 Å². The number of likely N-dealkylation sites (tertiary alicyclic amines) is 2. The highest BCUT2D eigenvalue weighted by molar-refractivity contribution is 5.76. The van der Waals surface area contributed by atoms with Crippen molar-refractivity contribution in [2.45, 2.75) is 43.7 Å². The summed E-state index contributed by atoms with van der Waals surface area (Å²) in [5.41, 5.74) is 1.01. The molecule has 1 N–H and O–H groups in total. The van der Waals surface area contributed by atoms with Crippen molar-refractivity contribution < 1.29 is 9.90 Å². The van der Waals surface area contributed by atoms with Crippen molar-refractivity contribution in [3.8, 4) is 0 Å². The Kier molecular flexibility index (Phi) is 5.74. The Morgan fingerprint density at radius 2 is 1.82 bits per heavy atom. The van der Waals surface area contributed by atoms with E-state index in [9.17, 15) is 9.90 Å². The van der Waals surface area contributed by atoms with Gasteiger partial charge < -0.3 is 10.0 Å². The van der Waals surface area contributed by atoms with Gasteiger partial charge in [-0.25, -0.2) is 0 Å². The Balaban J connectivity index is 1.48. The zero-order chi connectivity index (χ0) is 19.4. The zero-order valence-electron chi connectivity index (χ0n) is 16.3. The number of rotatable bonds is 5. The number of hydrogen-bond donors (Lipinski definition) is 1. The molecule has 2 fully saturated rings. The molecule has 148 valence electrons. The van der Waals surface area contributed by atoms with Crippen LogP contribution in [0.5, 0.6) is 0 Å². The third kappa shape index (κ3) is 3.96. The minimum absolute atomic E-state index is 0.0510. The summed E-state index contributed by atoms with van der Waals surface area (Å²) in [7, 11) is 0. The molecule has 1 aromatic carbocycles. The van der Waals surface area contributed by atoms with E-state index in [1.807, 2.05) is 53.4 Å². The van der Waals surface area contributed by atoms with Crippen LogP contribution in [0.15, 0.2) is 54.7 Å². The van der Waals surface area contributed by atoms with Crippen molar-refractivity contribution in [1.82, 2.24) is 14.8 Å². The van der Waals surface area contributed by atoms with Crippen molar-refractivity contribution in [3.63, 3.8) is 0 Å². The number of pyridine rings is 1. The lowest BCUT2D eigenvalue weighted by molar-refractivity contribution is -0.143. The van der Waals surface area contributed by atoms with Crippen LogP contribution in [0, 0.1) is 0 Å². The molecule has 0 bridgehead atoms. The van der Waals surface area contributed by atoms with Crippen LogP contribution in [0.3, 0.4) is 0 Å². The minimum atomic E-state index is -0.899. The van der Waals surface area contributed by atoms with Crippen molar-refractivity contribution in [2.24, 2.45) is 0 Å². The SMILES string of the molecule is O=C(CCc1ccccn1)N1CC[C@](O)(c2ccccc2)[C@H](N2CCCC2)C1. The maximum Gasteiger partial charge on any atom is 0.223 e. The fourth-order valence-corrected chi connectivity index (χ4v) is 4.62. The van der Waals surface area contributed by atoms with Crippen LogP contribution in [-0.4, -0.2) is 58.0 Å². The van der Waals surface area contributed by atoms with Crippen LogP contribution in [0.25, 0.3) is 0 Å². The molecular weight excluding hydrogens is 350 g/mol. The standard InChI is InChI=1S/C23H29N3O2/c27-22(12-11-20-10-4-5-14-24-20)26-17-13-23(28,19-8-2-1-3-9-19)21(18-26)25-15-6-7-16-25/h1-5,8-10,14,21,28H,6-7,11-13,15-18H2/t21-,23+/m1/s1. The van der Waals surface area contributed by atoms with Crippen LogP contribution in [0.2, 0.25) is 0 Å². The van der Waals surface area contributed by atoms with E-state index in [1.165, 1.54) is 0 Å². The van der Waals surface area contributed by atoms with Gasteiger partial charge in [-0.3, -0.25) is 14.7 Å². The average Bonchev–Trinajstić information content (AvgIpc) is 3.28. The number of aromatic nitrogens is 1. The van der Waals surface area contributed by atoms with Gasteiger partial charge in [0, 0.05) is 31.4 Å². The monoisotopic (exact) mass is 379 g/mol. The molecule has 2 aliphatic heterocycles. The van der Waals surface area contributed by atoms with Crippen molar-refractivity contribution >= 4 is 5.91 Å². The summed E-state index contributed by atoms with van der Waals surface area (Å²) >= 11 is 0. The maximum absolute atomic E-state index is 12.9. The van der Waals surface area contributed by atoms with Gasteiger partial charge in [0.2, 0.25) is 5.91 Å². The highest BCUT2D eigenvalue weighted by Gasteiger charge is 2.47. The van der Waals surface area contributed by atoms with Gasteiger partial charge in [0.1, 0.15) is 5.60 Å². The smallest absolute Gasteiger partial charge is 0.223 e. The molecule has 0 unspecified atom stereocenters. The largest absolute Gasteiger partial charge is 0.383 e. The van der Waals surface area contributed by atoms with Crippen molar-refractivity contribution in [2.75, 3.05) is 26.2 Å². The van der Waals surface area contributed by atoms with Crippen LogP contribution in [-0.2, 0) is 16.8 Å². The summed E-state index contributed by atoms with van der Waals surface area (Å²) in [4.78, 5) is 21.5. The second-order valence-electron chi connectivity index (χ2n) is 7.96. The van der Waals surface area contributed by atoms with E-state index in [2.05, 4.69) is 9.88 Å². The summed E-state index contributed by atoms with van der Waals surface area (Å²) in [6.45, 7) is 3.18. The Labute approximate surface area is 167 Å². The molecule has 0 spiro atoms. The molecular formula is C23H29N3O2. The van der Waals surface area contributed by atoms with Crippen LogP contribution in [0.1, 0.15) is 36.9 Å². The molecule has 4 rings (SSSR count). The fourth-order valence-electron chi connectivity index (χ4n) is 4.62. The molecule has 0 aliphatic carbocycles. The highest BCUT2D eigenvalue weighted by Crippen LogP contribution is 2.37. The van der Waals surface area contributed by atoms with Crippen LogP contribution >= 0.6 is 0 Å². The zero-order valence-corrected chi connectivity index (χ0v) is 16.3. The van der Waals surface area contributed by atoms with Gasteiger partial charge in [0.05, 0.1) is 6.04 Å².